The fraction of sp³-hybridized carbons (Fsp3) is 0. The van der Waals surface area contributed by atoms with Crippen molar-refractivity contribution in [1.82, 2.24) is 15.4 Å². The highest BCUT2D eigenvalue weighted by Crippen LogP contribution is 2.22. The van der Waals surface area contributed by atoms with E-state index in [1.807, 2.05) is 24.3 Å². The second-order valence-electron chi connectivity index (χ2n) is 4.64. The smallest absolute Gasteiger partial charge is 0.267 e. The van der Waals surface area contributed by atoms with Gasteiger partial charge in [-0.25, -0.2) is 10.4 Å². The Morgan fingerprint density at radius 2 is 2.00 bits per heavy atom. The van der Waals surface area contributed by atoms with E-state index in [0.717, 1.165) is 15.4 Å². The van der Waals surface area contributed by atoms with Crippen molar-refractivity contribution in [1.29, 1.82) is 0 Å². The lowest BCUT2D eigenvalue weighted by atomic mass is 10.2. The number of amides is 1. The molecule has 0 fully saturated rings. The molecule has 0 bridgehead atoms. The summed E-state index contributed by atoms with van der Waals surface area (Å²) in [6, 6.07) is 10.8. The summed E-state index contributed by atoms with van der Waals surface area (Å²) in [6.45, 7) is 0. The van der Waals surface area contributed by atoms with Crippen LogP contribution in [0.4, 0.5) is 0 Å². The van der Waals surface area contributed by atoms with Crippen LogP contribution in [0.3, 0.4) is 0 Å². The summed E-state index contributed by atoms with van der Waals surface area (Å²) >= 11 is 9.56. The molecule has 0 aliphatic carbocycles. The van der Waals surface area contributed by atoms with E-state index in [9.17, 15) is 4.79 Å². The van der Waals surface area contributed by atoms with Crippen molar-refractivity contribution in [2.24, 2.45) is 5.10 Å². The first-order chi connectivity index (χ1) is 11.1. The molecule has 3 aromatic rings. The number of hydrazone groups is 1. The second-order valence-corrected chi connectivity index (χ2v) is 5.91. The lowest BCUT2D eigenvalue weighted by molar-refractivity contribution is 0.0955. The predicted molar refractivity (Wildman–Crippen MR) is 93.8 cm³/mol. The number of pyridine rings is 2. The van der Waals surface area contributed by atoms with E-state index in [1.54, 1.807) is 24.5 Å². The molecule has 2 heterocycles. The van der Waals surface area contributed by atoms with Crippen molar-refractivity contribution in [3.8, 4) is 0 Å². The Morgan fingerprint density at radius 1 is 1.22 bits per heavy atom. The number of carbonyl (C=O) groups is 1. The third kappa shape index (κ3) is 3.72. The average molecular weight is 390 g/mol. The Hall–Kier alpha value is -2.31. The van der Waals surface area contributed by atoms with Gasteiger partial charge in [0.2, 0.25) is 0 Å². The van der Waals surface area contributed by atoms with Crippen molar-refractivity contribution >= 4 is 50.6 Å². The van der Waals surface area contributed by atoms with E-state index in [0.29, 0.717) is 16.3 Å². The van der Waals surface area contributed by atoms with Crippen molar-refractivity contribution in [3.63, 3.8) is 0 Å². The fourth-order valence-corrected chi connectivity index (χ4v) is 2.53. The van der Waals surface area contributed by atoms with Gasteiger partial charge in [-0.1, -0.05) is 27.5 Å². The monoisotopic (exact) mass is 388 g/mol. The molecule has 23 heavy (non-hydrogen) atoms. The van der Waals surface area contributed by atoms with E-state index in [2.05, 4.69) is 36.4 Å². The molecule has 1 aromatic carbocycles. The molecule has 0 atom stereocenters. The summed E-state index contributed by atoms with van der Waals surface area (Å²) in [6.07, 6.45) is 4.55. The number of nitrogens with zero attached hydrogens (tertiary/aromatic N) is 3. The SMILES string of the molecule is O=C(NN=Cc1cc2cc(Br)ccc2nc1Cl)c1ccncc1. The largest absolute Gasteiger partial charge is 0.271 e. The molecule has 5 nitrogen and oxygen atoms in total. The van der Waals surface area contributed by atoms with E-state index in [1.165, 1.54) is 6.21 Å². The maximum absolute atomic E-state index is 11.9. The maximum atomic E-state index is 11.9. The maximum Gasteiger partial charge on any atom is 0.271 e. The molecule has 114 valence electrons. The van der Waals surface area contributed by atoms with Crippen LogP contribution in [0.1, 0.15) is 15.9 Å². The Kier molecular flexibility index (Phi) is 4.64. The summed E-state index contributed by atoms with van der Waals surface area (Å²) in [7, 11) is 0. The van der Waals surface area contributed by atoms with Gasteiger partial charge >= 0.3 is 0 Å². The zero-order valence-electron chi connectivity index (χ0n) is 11.7. The number of benzene rings is 1. The Balaban J connectivity index is 1.80. The summed E-state index contributed by atoms with van der Waals surface area (Å²) in [5.74, 6) is -0.323. The van der Waals surface area contributed by atoms with Gasteiger partial charge in [0.15, 0.2) is 0 Å². The van der Waals surface area contributed by atoms with Crippen LogP contribution in [0, 0.1) is 0 Å². The molecule has 1 amide bonds. The highest BCUT2D eigenvalue weighted by Gasteiger charge is 2.05. The van der Waals surface area contributed by atoms with E-state index in [-0.39, 0.29) is 5.91 Å². The molecule has 0 aliphatic heterocycles. The number of hydrogen-bond donors (Lipinski definition) is 1. The third-order valence-electron chi connectivity index (χ3n) is 3.07. The van der Waals surface area contributed by atoms with E-state index in [4.69, 9.17) is 11.6 Å². The molecular weight excluding hydrogens is 380 g/mol. The summed E-state index contributed by atoms with van der Waals surface area (Å²) in [5.41, 5.74) is 4.32. The molecule has 0 radical (unpaired) electrons. The number of aromatic nitrogens is 2. The van der Waals surface area contributed by atoms with Gasteiger partial charge in [-0.15, -0.1) is 0 Å². The highest BCUT2D eigenvalue weighted by atomic mass is 79.9. The lowest BCUT2D eigenvalue weighted by Crippen LogP contribution is -2.17. The van der Waals surface area contributed by atoms with Crippen molar-refractivity contribution < 1.29 is 4.79 Å². The molecule has 0 spiro atoms. The number of carbonyl (C=O) groups excluding carboxylic acids is 1. The molecule has 0 unspecified atom stereocenters. The molecular formula is C16H10BrClN4O. The summed E-state index contributed by atoms with van der Waals surface area (Å²) in [4.78, 5) is 20.0. The average Bonchev–Trinajstić information content (AvgIpc) is 2.56. The minimum atomic E-state index is -0.323. The predicted octanol–water partition coefficient (Wildman–Crippen LogP) is 3.81. The highest BCUT2D eigenvalue weighted by molar-refractivity contribution is 9.10. The molecule has 0 saturated carbocycles. The summed E-state index contributed by atoms with van der Waals surface area (Å²) in [5, 5.41) is 5.17. The quantitative estimate of drug-likeness (QED) is 0.421. The molecule has 3 rings (SSSR count). The molecule has 0 aliphatic rings. The van der Waals surface area contributed by atoms with Crippen LogP contribution >= 0.6 is 27.5 Å². The van der Waals surface area contributed by atoms with Gasteiger partial charge in [0.25, 0.3) is 5.91 Å². The lowest BCUT2D eigenvalue weighted by Gasteiger charge is -2.03. The Bertz CT molecular complexity index is 899. The van der Waals surface area contributed by atoms with Crippen molar-refractivity contribution in [3.05, 3.63) is 69.5 Å². The number of nitrogens with one attached hydrogen (secondary N) is 1. The normalized spacial score (nSPS) is 11.0. The van der Waals surface area contributed by atoms with E-state index < -0.39 is 0 Å². The van der Waals surface area contributed by atoms with Gasteiger partial charge in [0.05, 0.1) is 11.7 Å². The zero-order chi connectivity index (χ0) is 16.2. The van der Waals surface area contributed by atoms with Gasteiger partial charge < -0.3 is 0 Å². The first-order valence-electron chi connectivity index (χ1n) is 6.63. The Labute approximate surface area is 145 Å². The number of hydrogen-bond acceptors (Lipinski definition) is 4. The minimum Gasteiger partial charge on any atom is -0.267 e. The number of fused-ring (bicyclic) bond motifs is 1. The van der Waals surface area contributed by atoms with Gasteiger partial charge in [-0.2, -0.15) is 5.10 Å². The van der Waals surface area contributed by atoms with Crippen LogP contribution in [-0.2, 0) is 0 Å². The van der Waals surface area contributed by atoms with Crippen molar-refractivity contribution in [2.75, 3.05) is 0 Å². The van der Waals surface area contributed by atoms with Crippen LogP contribution in [0.5, 0.6) is 0 Å². The Morgan fingerprint density at radius 3 is 2.78 bits per heavy atom. The van der Waals surface area contributed by atoms with Gasteiger partial charge in [0.1, 0.15) is 5.15 Å². The number of halogens is 2. The van der Waals surface area contributed by atoms with Crippen LogP contribution < -0.4 is 5.43 Å². The zero-order valence-corrected chi connectivity index (χ0v) is 14.0. The van der Waals surface area contributed by atoms with Gasteiger partial charge in [-0.05, 0) is 36.4 Å². The second kappa shape index (κ2) is 6.85. The third-order valence-corrected chi connectivity index (χ3v) is 3.87. The summed E-state index contributed by atoms with van der Waals surface area (Å²) < 4.78 is 0.947. The first kappa shape index (κ1) is 15.6. The van der Waals surface area contributed by atoms with Crippen LogP contribution in [0.25, 0.3) is 10.9 Å². The molecule has 1 N–H and O–H groups in total. The first-order valence-corrected chi connectivity index (χ1v) is 7.80. The van der Waals surface area contributed by atoms with Gasteiger partial charge in [0, 0.05) is 33.4 Å². The van der Waals surface area contributed by atoms with Crippen molar-refractivity contribution in [2.45, 2.75) is 0 Å². The number of rotatable bonds is 3. The minimum absolute atomic E-state index is 0.321. The van der Waals surface area contributed by atoms with Crippen LogP contribution in [-0.4, -0.2) is 22.1 Å². The van der Waals surface area contributed by atoms with Gasteiger partial charge in [-0.3, -0.25) is 9.78 Å². The topological polar surface area (TPSA) is 67.2 Å². The van der Waals surface area contributed by atoms with Crippen LogP contribution in [0.15, 0.2) is 58.4 Å². The molecule has 7 heteroatoms. The van der Waals surface area contributed by atoms with E-state index >= 15 is 0 Å². The molecule has 0 saturated heterocycles. The molecule has 2 aromatic heterocycles. The van der Waals surface area contributed by atoms with Crippen LogP contribution in [0.2, 0.25) is 5.15 Å². The standard InChI is InChI=1S/C16H10BrClN4O/c17-13-1-2-14-11(8-13)7-12(15(18)21-14)9-20-22-16(23)10-3-5-19-6-4-10/h1-9H,(H,22,23). The fourth-order valence-electron chi connectivity index (χ4n) is 1.96.